The number of hydrogen-bond acceptors (Lipinski definition) is 3. The molecule has 3 nitrogen and oxygen atoms in total. The molecule has 0 radical (unpaired) electrons. The van der Waals surface area contributed by atoms with Gasteiger partial charge in [0.05, 0.1) is 11.7 Å². The molecule has 2 aliphatic carbocycles. The van der Waals surface area contributed by atoms with Gasteiger partial charge in [0, 0.05) is 19.8 Å². The largest absolute Gasteiger partial charge is 0.380 e. The van der Waals surface area contributed by atoms with Crippen molar-refractivity contribution in [1.82, 2.24) is 5.32 Å². The highest BCUT2D eigenvalue weighted by molar-refractivity contribution is 4.99. The monoisotopic (exact) mass is 267 g/mol. The van der Waals surface area contributed by atoms with E-state index in [0.717, 1.165) is 18.4 Å². The van der Waals surface area contributed by atoms with Crippen molar-refractivity contribution in [3.8, 4) is 0 Å². The van der Waals surface area contributed by atoms with Gasteiger partial charge in [-0.25, -0.2) is 0 Å². The van der Waals surface area contributed by atoms with Gasteiger partial charge in [0.15, 0.2) is 0 Å². The molecule has 3 heteroatoms. The van der Waals surface area contributed by atoms with Crippen molar-refractivity contribution < 1.29 is 9.47 Å². The topological polar surface area (TPSA) is 30.5 Å². The fourth-order valence-corrected chi connectivity index (χ4v) is 4.47. The predicted molar refractivity (Wildman–Crippen MR) is 76.2 cm³/mol. The van der Waals surface area contributed by atoms with Gasteiger partial charge in [0.2, 0.25) is 0 Å². The fourth-order valence-electron chi connectivity index (χ4n) is 4.47. The number of ether oxygens (including phenoxy) is 2. The zero-order chi connectivity index (χ0) is 13.3. The molecule has 0 aromatic carbocycles. The first-order valence-corrected chi connectivity index (χ1v) is 8.12. The number of likely N-dealkylation sites (N-methyl/N-ethyl adjacent to an activating group) is 1. The maximum absolute atomic E-state index is 6.17. The van der Waals surface area contributed by atoms with Gasteiger partial charge in [-0.05, 0) is 57.4 Å². The molecule has 110 valence electrons. The van der Waals surface area contributed by atoms with Gasteiger partial charge < -0.3 is 14.8 Å². The van der Waals surface area contributed by atoms with Gasteiger partial charge in [-0.3, -0.25) is 0 Å². The highest BCUT2D eigenvalue weighted by atomic mass is 16.5. The van der Waals surface area contributed by atoms with Crippen LogP contribution in [0.1, 0.15) is 51.4 Å². The van der Waals surface area contributed by atoms with E-state index in [2.05, 4.69) is 12.4 Å². The Morgan fingerprint density at radius 2 is 1.89 bits per heavy atom. The second-order valence-corrected chi connectivity index (χ2v) is 6.84. The van der Waals surface area contributed by atoms with Crippen molar-refractivity contribution in [3.05, 3.63) is 0 Å². The first-order valence-electron chi connectivity index (χ1n) is 8.12. The van der Waals surface area contributed by atoms with Crippen molar-refractivity contribution in [2.45, 2.75) is 69.1 Å². The first-order chi connectivity index (χ1) is 9.28. The van der Waals surface area contributed by atoms with Crippen LogP contribution in [-0.4, -0.2) is 38.5 Å². The Morgan fingerprint density at radius 3 is 2.47 bits per heavy atom. The lowest BCUT2D eigenvalue weighted by molar-refractivity contribution is -0.107. The molecule has 2 saturated carbocycles. The highest BCUT2D eigenvalue weighted by Crippen LogP contribution is 2.45. The Morgan fingerprint density at radius 1 is 1.16 bits per heavy atom. The molecule has 19 heavy (non-hydrogen) atoms. The van der Waals surface area contributed by atoms with Crippen LogP contribution >= 0.6 is 0 Å². The molecule has 3 unspecified atom stereocenters. The van der Waals surface area contributed by atoms with Crippen LogP contribution in [0.2, 0.25) is 0 Å². The second-order valence-electron chi connectivity index (χ2n) is 6.84. The number of methoxy groups -OCH3 is 1. The summed E-state index contributed by atoms with van der Waals surface area (Å²) in [7, 11) is 3.99. The van der Waals surface area contributed by atoms with Gasteiger partial charge in [0.1, 0.15) is 0 Å². The number of rotatable bonds is 5. The molecule has 3 fully saturated rings. The normalized spacial score (nSPS) is 33.5. The number of hydrogen-bond donors (Lipinski definition) is 1. The van der Waals surface area contributed by atoms with E-state index in [4.69, 9.17) is 9.47 Å². The van der Waals surface area contributed by atoms with Crippen LogP contribution in [0.5, 0.6) is 0 Å². The van der Waals surface area contributed by atoms with E-state index in [-0.39, 0.29) is 5.60 Å². The van der Waals surface area contributed by atoms with Crippen molar-refractivity contribution >= 4 is 0 Å². The molecule has 3 aliphatic rings. The molecular formula is C16H29NO2. The van der Waals surface area contributed by atoms with Crippen LogP contribution in [0.25, 0.3) is 0 Å². The summed E-state index contributed by atoms with van der Waals surface area (Å²) in [5, 5.41) is 3.57. The van der Waals surface area contributed by atoms with Crippen LogP contribution in [0, 0.1) is 11.8 Å². The van der Waals surface area contributed by atoms with Crippen LogP contribution in [-0.2, 0) is 9.47 Å². The Labute approximate surface area is 117 Å². The van der Waals surface area contributed by atoms with Gasteiger partial charge >= 0.3 is 0 Å². The Kier molecular flexibility index (Phi) is 4.16. The SMILES string of the molecule is CNC(C1CCOC2(CCCC2)C1)C(OC)C1CC1. The molecule has 1 aliphatic heterocycles. The van der Waals surface area contributed by atoms with Crippen molar-refractivity contribution in [1.29, 1.82) is 0 Å². The predicted octanol–water partition coefficient (Wildman–Crippen LogP) is 2.74. The maximum Gasteiger partial charge on any atom is 0.0754 e. The minimum absolute atomic E-state index is 0.222. The minimum Gasteiger partial charge on any atom is -0.380 e. The van der Waals surface area contributed by atoms with Gasteiger partial charge in [-0.15, -0.1) is 0 Å². The third kappa shape index (κ3) is 2.84. The van der Waals surface area contributed by atoms with E-state index in [0.29, 0.717) is 12.1 Å². The Bertz CT molecular complexity index is 297. The lowest BCUT2D eigenvalue weighted by atomic mass is 9.78. The van der Waals surface area contributed by atoms with Crippen molar-refractivity contribution in [3.63, 3.8) is 0 Å². The smallest absolute Gasteiger partial charge is 0.0754 e. The quantitative estimate of drug-likeness (QED) is 0.831. The average Bonchev–Trinajstić information content (AvgIpc) is 3.18. The summed E-state index contributed by atoms with van der Waals surface area (Å²) in [6, 6.07) is 0.513. The van der Waals surface area contributed by atoms with Gasteiger partial charge in [-0.1, -0.05) is 12.8 Å². The van der Waals surface area contributed by atoms with Crippen LogP contribution in [0.4, 0.5) is 0 Å². The highest BCUT2D eigenvalue weighted by Gasteiger charge is 2.45. The summed E-state index contributed by atoms with van der Waals surface area (Å²) in [6.45, 7) is 0.948. The second kappa shape index (κ2) is 5.71. The van der Waals surface area contributed by atoms with Gasteiger partial charge in [0.25, 0.3) is 0 Å². The maximum atomic E-state index is 6.17. The molecule has 0 aromatic rings. The summed E-state index contributed by atoms with van der Waals surface area (Å²) in [5.41, 5.74) is 0.222. The van der Waals surface area contributed by atoms with Crippen LogP contribution in [0.3, 0.4) is 0 Å². The fraction of sp³-hybridized carbons (Fsp3) is 1.00. The third-order valence-corrected chi connectivity index (χ3v) is 5.60. The summed E-state index contributed by atoms with van der Waals surface area (Å²) < 4.78 is 12.0. The zero-order valence-electron chi connectivity index (χ0n) is 12.5. The molecule has 3 rings (SSSR count). The summed E-state index contributed by atoms with van der Waals surface area (Å²) in [4.78, 5) is 0. The molecule has 3 atom stereocenters. The standard InChI is InChI=1S/C16H29NO2/c1-17-14(15(18-2)12-5-6-12)13-7-10-19-16(11-13)8-3-4-9-16/h12-15,17H,3-11H2,1-2H3. The lowest BCUT2D eigenvalue weighted by Gasteiger charge is -2.43. The van der Waals surface area contributed by atoms with E-state index in [1.807, 2.05) is 7.11 Å². The summed E-state index contributed by atoms with van der Waals surface area (Å²) in [6.07, 6.45) is 10.8. The molecule has 1 saturated heterocycles. The molecule has 0 bridgehead atoms. The molecule has 1 spiro atoms. The van der Waals surface area contributed by atoms with Crippen molar-refractivity contribution in [2.24, 2.45) is 11.8 Å². The Hall–Kier alpha value is -0.120. The molecular weight excluding hydrogens is 238 g/mol. The number of nitrogens with one attached hydrogen (secondary N) is 1. The first kappa shape index (κ1) is 13.8. The summed E-state index contributed by atoms with van der Waals surface area (Å²) in [5.74, 6) is 1.52. The third-order valence-electron chi connectivity index (χ3n) is 5.60. The van der Waals surface area contributed by atoms with Gasteiger partial charge in [-0.2, -0.15) is 0 Å². The van der Waals surface area contributed by atoms with E-state index in [1.54, 1.807) is 0 Å². The molecule has 1 N–H and O–H groups in total. The van der Waals surface area contributed by atoms with Crippen molar-refractivity contribution in [2.75, 3.05) is 20.8 Å². The average molecular weight is 267 g/mol. The van der Waals surface area contributed by atoms with E-state index >= 15 is 0 Å². The zero-order valence-corrected chi connectivity index (χ0v) is 12.5. The minimum atomic E-state index is 0.222. The van der Waals surface area contributed by atoms with Crippen LogP contribution in [0.15, 0.2) is 0 Å². The molecule has 0 amide bonds. The summed E-state index contributed by atoms with van der Waals surface area (Å²) >= 11 is 0. The Balaban J connectivity index is 1.68. The van der Waals surface area contributed by atoms with Crippen LogP contribution < -0.4 is 5.32 Å². The van der Waals surface area contributed by atoms with E-state index in [9.17, 15) is 0 Å². The molecule has 0 aromatic heterocycles. The van der Waals surface area contributed by atoms with E-state index in [1.165, 1.54) is 51.4 Å². The van der Waals surface area contributed by atoms with E-state index < -0.39 is 0 Å². The lowest BCUT2D eigenvalue weighted by Crippen LogP contribution is -2.51. The molecule has 1 heterocycles.